The predicted molar refractivity (Wildman–Crippen MR) is 139 cm³/mol. The average Bonchev–Trinajstić information content (AvgIpc) is 3.52. The first-order valence-electron chi connectivity index (χ1n) is 11.8. The van der Waals surface area contributed by atoms with Crippen LogP contribution in [0.3, 0.4) is 0 Å². The van der Waals surface area contributed by atoms with Gasteiger partial charge in [-0.3, -0.25) is 9.59 Å². The number of hydrogen-bond donors (Lipinski definition) is 0. The highest BCUT2D eigenvalue weighted by Gasteiger charge is 2.34. The quantitative estimate of drug-likeness (QED) is 0.385. The molecule has 0 N–H and O–H groups in total. The molecule has 1 aliphatic heterocycles. The molecular weight excluding hydrogens is 464 g/mol. The average molecular weight is 497 g/mol. The van der Waals surface area contributed by atoms with E-state index in [4.69, 9.17) is 4.74 Å². The third-order valence-corrected chi connectivity index (χ3v) is 8.15. The molecule has 0 radical (unpaired) electrons. The SMILES string of the molecule is CC(C)c1ccc(OCC2c3ccsc3CCN2C(=O)CN(C(=O)c2cccs2)C(C)C)cc1. The van der Waals surface area contributed by atoms with E-state index in [2.05, 4.69) is 37.4 Å². The smallest absolute Gasteiger partial charge is 0.264 e. The van der Waals surface area contributed by atoms with Gasteiger partial charge < -0.3 is 14.5 Å². The van der Waals surface area contributed by atoms with Crippen LogP contribution in [0, 0.1) is 0 Å². The lowest BCUT2D eigenvalue weighted by molar-refractivity contribution is -0.136. The molecule has 2 amide bonds. The summed E-state index contributed by atoms with van der Waals surface area (Å²) in [5.41, 5.74) is 2.43. The number of benzene rings is 1. The molecule has 1 atom stereocenters. The minimum atomic E-state index is -0.168. The molecule has 180 valence electrons. The van der Waals surface area contributed by atoms with Crippen LogP contribution < -0.4 is 4.74 Å². The molecule has 1 aromatic carbocycles. The van der Waals surface area contributed by atoms with Crippen LogP contribution in [-0.4, -0.2) is 47.4 Å². The fourth-order valence-electron chi connectivity index (χ4n) is 4.27. The molecule has 5 nitrogen and oxygen atoms in total. The summed E-state index contributed by atoms with van der Waals surface area (Å²) in [6.07, 6.45) is 0.832. The first kappa shape index (κ1) is 24.5. The third-order valence-electron chi connectivity index (χ3n) is 6.29. The van der Waals surface area contributed by atoms with Crippen LogP contribution in [0.1, 0.15) is 65.3 Å². The summed E-state index contributed by atoms with van der Waals surface area (Å²) >= 11 is 3.14. The Morgan fingerprint density at radius 3 is 2.47 bits per heavy atom. The molecule has 4 rings (SSSR count). The van der Waals surface area contributed by atoms with Gasteiger partial charge in [0.1, 0.15) is 18.9 Å². The van der Waals surface area contributed by atoms with Gasteiger partial charge in [0.15, 0.2) is 0 Å². The Bertz CT molecular complexity index is 1100. The van der Waals surface area contributed by atoms with Crippen molar-refractivity contribution < 1.29 is 14.3 Å². The van der Waals surface area contributed by atoms with Crippen LogP contribution >= 0.6 is 22.7 Å². The van der Waals surface area contributed by atoms with Crippen molar-refractivity contribution in [2.75, 3.05) is 19.7 Å². The summed E-state index contributed by atoms with van der Waals surface area (Å²) in [4.78, 5) is 32.1. The van der Waals surface area contributed by atoms with Gasteiger partial charge in [0.05, 0.1) is 10.9 Å². The van der Waals surface area contributed by atoms with E-state index in [0.29, 0.717) is 23.9 Å². The zero-order valence-electron chi connectivity index (χ0n) is 20.2. The molecule has 7 heteroatoms. The lowest BCUT2D eigenvalue weighted by Gasteiger charge is -2.37. The third kappa shape index (κ3) is 5.36. The normalized spacial score (nSPS) is 15.5. The van der Waals surface area contributed by atoms with Crippen molar-refractivity contribution in [2.24, 2.45) is 0 Å². The van der Waals surface area contributed by atoms with Gasteiger partial charge in [-0.1, -0.05) is 32.0 Å². The van der Waals surface area contributed by atoms with E-state index < -0.39 is 0 Å². The van der Waals surface area contributed by atoms with E-state index in [9.17, 15) is 9.59 Å². The number of nitrogens with zero attached hydrogens (tertiary/aromatic N) is 2. The molecule has 0 spiro atoms. The van der Waals surface area contributed by atoms with Crippen molar-refractivity contribution in [3.05, 3.63) is 74.1 Å². The van der Waals surface area contributed by atoms with Crippen molar-refractivity contribution in [1.82, 2.24) is 9.80 Å². The Balaban J connectivity index is 1.50. The molecule has 0 bridgehead atoms. The van der Waals surface area contributed by atoms with Crippen LogP contribution in [0.5, 0.6) is 5.75 Å². The minimum Gasteiger partial charge on any atom is -0.491 e. The molecule has 0 saturated heterocycles. The topological polar surface area (TPSA) is 49.9 Å². The van der Waals surface area contributed by atoms with Gasteiger partial charge in [-0.05, 0) is 72.3 Å². The largest absolute Gasteiger partial charge is 0.491 e. The van der Waals surface area contributed by atoms with Crippen molar-refractivity contribution in [3.8, 4) is 5.75 Å². The highest BCUT2D eigenvalue weighted by molar-refractivity contribution is 7.12. The summed E-state index contributed by atoms with van der Waals surface area (Å²) < 4.78 is 6.18. The van der Waals surface area contributed by atoms with Crippen LogP contribution in [0.25, 0.3) is 0 Å². The standard InChI is InChI=1S/C27H32N2O3S2/c1-18(2)20-7-9-21(10-8-20)32-17-23-22-12-15-34-24(22)11-13-28(23)26(30)16-29(19(3)4)27(31)25-6-5-14-33-25/h5-10,12,14-15,18-19,23H,11,13,16-17H2,1-4H3. The van der Waals surface area contributed by atoms with Gasteiger partial charge in [0.2, 0.25) is 5.91 Å². The van der Waals surface area contributed by atoms with E-state index in [0.717, 1.165) is 17.7 Å². The van der Waals surface area contributed by atoms with Crippen LogP contribution in [0.2, 0.25) is 0 Å². The maximum atomic E-state index is 13.5. The Morgan fingerprint density at radius 2 is 1.82 bits per heavy atom. The van der Waals surface area contributed by atoms with Crippen molar-refractivity contribution in [2.45, 2.75) is 52.1 Å². The zero-order valence-corrected chi connectivity index (χ0v) is 21.8. The van der Waals surface area contributed by atoms with E-state index in [-0.39, 0.29) is 30.4 Å². The fourth-order valence-corrected chi connectivity index (χ4v) is 5.87. The van der Waals surface area contributed by atoms with Crippen molar-refractivity contribution >= 4 is 34.5 Å². The molecule has 2 aromatic heterocycles. The highest BCUT2D eigenvalue weighted by atomic mass is 32.1. The molecule has 1 aliphatic rings. The van der Waals surface area contributed by atoms with Crippen LogP contribution in [-0.2, 0) is 11.2 Å². The van der Waals surface area contributed by atoms with Gasteiger partial charge >= 0.3 is 0 Å². The van der Waals surface area contributed by atoms with E-state index in [1.807, 2.05) is 48.4 Å². The minimum absolute atomic E-state index is 0.0424. The molecule has 1 unspecified atom stereocenters. The van der Waals surface area contributed by atoms with E-state index in [1.54, 1.807) is 16.2 Å². The summed E-state index contributed by atoms with van der Waals surface area (Å²) in [6.45, 7) is 9.32. The molecule has 34 heavy (non-hydrogen) atoms. The Morgan fingerprint density at radius 1 is 1.06 bits per heavy atom. The second-order valence-electron chi connectivity index (χ2n) is 9.19. The summed E-state index contributed by atoms with van der Waals surface area (Å²) in [6, 6.07) is 13.7. The lowest BCUT2D eigenvalue weighted by atomic mass is 10.00. The van der Waals surface area contributed by atoms with Gasteiger partial charge in [0.25, 0.3) is 5.91 Å². The lowest BCUT2D eigenvalue weighted by Crippen LogP contribution is -2.49. The van der Waals surface area contributed by atoms with Gasteiger partial charge in [-0.25, -0.2) is 0 Å². The number of carbonyl (C=O) groups excluding carboxylic acids is 2. The maximum Gasteiger partial charge on any atom is 0.264 e. The number of carbonyl (C=O) groups is 2. The highest BCUT2D eigenvalue weighted by Crippen LogP contribution is 2.34. The van der Waals surface area contributed by atoms with Gasteiger partial charge in [0, 0.05) is 17.5 Å². The Labute approximate surface area is 210 Å². The van der Waals surface area contributed by atoms with Crippen molar-refractivity contribution in [1.29, 1.82) is 0 Å². The van der Waals surface area contributed by atoms with Gasteiger partial charge in [-0.15, -0.1) is 22.7 Å². The molecular formula is C27H32N2O3S2. The Hall–Kier alpha value is -2.64. The molecule has 0 saturated carbocycles. The van der Waals surface area contributed by atoms with E-state index in [1.165, 1.54) is 21.8 Å². The fraction of sp³-hybridized carbons (Fsp3) is 0.407. The molecule has 0 aliphatic carbocycles. The van der Waals surface area contributed by atoms with Crippen LogP contribution in [0.15, 0.2) is 53.2 Å². The van der Waals surface area contributed by atoms with E-state index >= 15 is 0 Å². The number of rotatable bonds is 8. The first-order chi connectivity index (χ1) is 16.3. The number of amides is 2. The van der Waals surface area contributed by atoms with Crippen LogP contribution in [0.4, 0.5) is 0 Å². The Kier molecular flexibility index (Phi) is 7.73. The summed E-state index contributed by atoms with van der Waals surface area (Å²) in [5, 5.41) is 3.97. The second-order valence-corrected chi connectivity index (χ2v) is 11.1. The number of hydrogen-bond acceptors (Lipinski definition) is 5. The summed E-state index contributed by atoms with van der Waals surface area (Å²) in [7, 11) is 0. The molecule has 3 heterocycles. The summed E-state index contributed by atoms with van der Waals surface area (Å²) in [5.74, 6) is 1.13. The molecule has 3 aromatic rings. The predicted octanol–water partition coefficient (Wildman–Crippen LogP) is 5.99. The molecule has 0 fully saturated rings. The first-order valence-corrected chi connectivity index (χ1v) is 13.5. The number of thiophene rings is 2. The second kappa shape index (κ2) is 10.7. The maximum absolute atomic E-state index is 13.5. The zero-order chi connectivity index (χ0) is 24.2. The number of fused-ring (bicyclic) bond motifs is 1. The van der Waals surface area contributed by atoms with Gasteiger partial charge in [-0.2, -0.15) is 0 Å². The monoisotopic (exact) mass is 496 g/mol. The van der Waals surface area contributed by atoms with Crippen molar-refractivity contribution in [3.63, 3.8) is 0 Å². The number of ether oxygens (including phenoxy) is 1.